The number of hydrogen-bond acceptors (Lipinski definition) is 2. The Balaban J connectivity index is 2.36. The molecule has 0 aliphatic rings. The van der Waals surface area contributed by atoms with Gasteiger partial charge in [-0.1, -0.05) is 0 Å². The standard InChI is InChI=1S/C12H11BrN4/c1-16-11(10-4-6-15-17(10)2)7-8-9(13)3-5-14-12(8)16/h3-7H,1-2H3. The van der Waals surface area contributed by atoms with Crippen LogP contribution in [-0.2, 0) is 14.1 Å². The number of halogens is 1. The van der Waals surface area contributed by atoms with Crippen LogP contribution >= 0.6 is 15.9 Å². The van der Waals surface area contributed by atoms with E-state index >= 15 is 0 Å². The van der Waals surface area contributed by atoms with Crippen molar-refractivity contribution in [3.05, 3.63) is 35.1 Å². The molecule has 3 heterocycles. The zero-order chi connectivity index (χ0) is 12.0. The molecule has 4 nitrogen and oxygen atoms in total. The van der Waals surface area contributed by atoms with Crippen molar-refractivity contribution in [1.29, 1.82) is 0 Å². The highest BCUT2D eigenvalue weighted by Gasteiger charge is 2.12. The predicted molar refractivity (Wildman–Crippen MR) is 70.6 cm³/mol. The van der Waals surface area contributed by atoms with E-state index in [9.17, 15) is 0 Å². The predicted octanol–water partition coefficient (Wildman–Crippen LogP) is 2.74. The molecule has 17 heavy (non-hydrogen) atoms. The van der Waals surface area contributed by atoms with E-state index in [-0.39, 0.29) is 0 Å². The first kappa shape index (κ1) is 10.5. The molecule has 0 aromatic carbocycles. The van der Waals surface area contributed by atoms with E-state index in [0.717, 1.165) is 26.9 Å². The topological polar surface area (TPSA) is 35.6 Å². The van der Waals surface area contributed by atoms with Gasteiger partial charge in [0, 0.05) is 36.3 Å². The molecule has 0 atom stereocenters. The van der Waals surface area contributed by atoms with Crippen molar-refractivity contribution in [3.8, 4) is 11.4 Å². The third kappa shape index (κ3) is 1.50. The summed E-state index contributed by atoms with van der Waals surface area (Å²) >= 11 is 3.55. The molecular formula is C12H11BrN4. The summed E-state index contributed by atoms with van der Waals surface area (Å²) in [4.78, 5) is 4.41. The van der Waals surface area contributed by atoms with E-state index in [4.69, 9.17) is 0 Å². The molecule has 3 rings (SSSR count). The fourth-order valence-corrected chi connectivity index (χ4v) is 2.47. The Morgan fingerprint density at radius 2 is 1.94 bits per heavy atom. The van der Waals surface area contributed by atoms with Crippen LogP contribution in [0.2, 0.25) is 0 Å². The van der Waals surface area contributed by atoms with E-state index in [1.165, 1.54) is 0 Å². The minimum Gasteiger partial charge on any atom is -0.327 e. The molecule has 0 saturated heterocycles. The van der Waals surface area contributed by atoms with Crippen molar-refractivity contribution in [1.82, 2.24) is 19.3 Å². The highest BCUT2D eigenvalue weighted by atomic mass is 79.9. The molecule has 86 valence electrons. The van der Waals surface area contributed by atoms with Crippen LogP contribution < -0.4 is 0 Å². The van der Waals surface area contributed by atoms with E-state index in [1.807, 2.05) is 30.9 Å². The van der Waals surface area contributed by atoms with Crippen LogP contribution in [0.5, 0.6) is 0 Å². The molecule has 0 N–H and O–H groups in total. The second-order valence-corrected chi connectivity index (χ2v) is 4.81. The molecular weight excluding hydrogens is 280 g/mol. The van der Waals surface area contributed by atoms with Gasteiger partial charge in [0.1, 0.15) is 5.65 Å². The van der Waals surface area contributed by atoms with Gasteiger partial charge in [-0.05, 0) is 34.1 Å². The van der Waals surface area contributed by atoms with Crippen molar-refractivity contribution >= 4 is 27.0 Å². The monoisotopic (exact) mass is 290 g/mol. The summed E-state index contributed by atoms with van der Waals surface area (Å²) in [5.74, 6) is 0. The zero-order valence-corrected chi connectivity index (χ0v) is 11.1. The van der Waals surface area contributed by atoms with E-state index in [1.54, 1.807) is 12.4 Å². The van der Waals surface area contributed by atoms with E-state index in [2.05, 4.69) is 36.6 Å². The summed E-state index contributed by atoms with van der Waals surface area (Å²) in [5.41, 5.74) is 3.16. The maximum atomic E-state index is 4.41. The van der Waals surface area contributed by atoms with Crippen molar-refractivity contribution in [2.45, 2.75) is 0 Å². The number of hydrogen-bond donors (Lipinski definition) is 0. The Kier molecular flexibility index (Phi) is 2.29. The second kappa shape index (κ2) is 3.70. The SMILES string of the molecule is Cn1nccc1-c1cc2c(Br)ccnc2n1C. The Labute approximate surface area is 107 Å². The van der Waals surface area contributed by atoms with Gasteiger partial charge in [0.25, 0.3) is 0 Å². The van der Waals surface area contributed by atoms with Crippen LogP contribution in [-0.4, -0.2) is 19.3 Å². The Bertz CT molecular complexity index is 696. The number of fused-ring (bicyclic) bond motifs is 1. The Morgan fingerprint density at radius 1 is 1.12 bits per heavy atom. The van der Waals surface area contributed by atoms with Gasteiger partial charge in [-0.2, -0.15) is 5.10 Å². The Hall–Kier alpha value is -1.62. The van der Waals surface area contributed by atoms with Crippen LogP contribution in [0.1, 0.15) is 0 Å². The lowest BCUT2D eigenvalue weighted by Gasteiger charge is -2.03. The second-order valence-electron chi connectivity index (χ2n) is 3.96. The number of nitrogens with zero attached hydrogens (tertiary/aromatic N) is 4. The van der Waals surface area contributed by atoms with E-state index in [0.29, 0.717) is 0 Å². The maximum absolute atomic E-state index is 4.41. The van der Waals surface area contributed by atoms with Crippen LogP contribution in [0, 0.1) is 0 Å². The van der Waals surface area contributed by atoms with Gasteiger partial charge >= 0.3 is 0 Å². The molecule has 0 spiro atoms. The third-order valence-corrected chi connectivity index (χ3v) is 3.65. The average Bonchev–Trinajstić information content (AvgIpc) is 2.85. The smallest absolute Gasteiger partial charge is 0.141 e. The number of pyridine rings is 1. The number of aromatic nitrogens is 4. The Morgan fingerprint density at radius 3 is 2.59 bits per heavy atom. The minimum atomic E-state index is 0.968. The summed E-state index contributed by atoms with van der Waals surface area (Å²) in [6, 6.07) is 6.08. The van der Waals surface area contributed by atoms with Gasteiger partial charge in [0.2, 0.25) is 0 Å². The highest BCUT2D eigenvalue weighted by Crippen LogP contribution is 2.29. The van der Waals surface area contributed by atoms with Gasteiger partial charge < -0.3 is 4.57 Å². The van der Waals surface area contributed by atoms with Crippen molar-refractivity contribution in [2.75, 3.05) is 0 Å². The van der Waals surface area contributed by atoms with Crippen molar-refractivity contribution in [2.24, 2.45) is 14.1 Å². The minimum absolute atomic E-state index is 0.968. The largest absolute Gasteiger partial charge is 0.327 e. The van der Waals surface area contributed by atoms with Gasteiger partial charge in [0.15, 0.2) is 0 Å². The summed E-state index contributed by atoms with van der Waals surface area (Å²) in [6.07, 6.45) is 3.61. The summed E-state index contributed by atoms with van der Waals surface area (Å²) in [6.45, 7) is 0. The fourth-order valence-electron chi connectivity index (χ4n) is 2.06. The molecule has 3 aromatic rings. The van der Waals surface area contributed by atoms with Gasteiger partial charge in [-0.3, -0.25) is 4.68 Å². The van der Waals surface area contributed by atoms with Crippen LogP contribution in [0.25, 0.3) is 22.4 Å². The van der Waals surface area contributed by atoms with Crippen LogP contribution in [0.15, 0.2) is 35.1 Å². The van der Waals surface area contributed by atoms with E-state index < -0.39 is 0 Å². The van der Waals surface area contributed by atoms with Crippen molar-refractivity contribution < 1.29 is 0 Å². The molecule has 0 aliphatic heterocycles. The first-order chi connectivity index (χ1) is 8.18. The highest BCUT2D eigenvalue weighted by molar-refractivity contribution is 9.10. The quantitative estimate of drug-likeness (QED) is 0.691. The lowest BCUT2D eigenvalue weighted by Crippen LogP contribution is -1.98. The summed E-state index contributed by atoms with van der Waals surface area (Å²) in [5, 5.41) is 5.31. The van der Waals surface area contributed by atoms with Gasteiger partial charge in [0.05, 0.1) is 11.4 Å². The lowest BCUT2D eigenvalue weighted by molar-refractivity contribution is 0.767. The summed E-state index contributed by atoms with van der Waals surface area (Å²) in [7, 11) is 3.96. The van der Waals surface area contributed by atoms with Crippen molar-refractivity contribution in [3.63, 3.8) is 0 Å². The zero-order valence-electron chi connectivity index (χ0n) is 9.55. The molecule has 0 aliphatic carbocycles. The first-order valence-corrected chi connectivity index (χ1v) is 6.06. The average molecular weight is 291 g/mol. The molecule has 5 heteroatoms. The van der Waals surface area contributed by atoms with Crippen LogP contribution in [0.4, 0.5) is 0 Å². The first-order valence-electron chi connectivity index (χ1n) is 5.27. The molecule has 0 saturated carbocycles. The van der Waals surface area contributed by atoms with Crippen LogP contribution in [0.3, 0.4) is 0 Å². The third-order valence-electron chi connectivity index (χ3n) is 2.96. The van der Waals surface area contributed by atoms with Gasteiger partial charge in [-0.25, -0.2) is 4.98 Å². The normalized spacial score (nSPS) is 11.2. The molecule has 0 fully saturated rings. The molecule has 0 amide bonds. The van der Waals surface area contributed by atoms with Gasteiger partial charge in [-0.15, -0.1) is 0 Å². The number of aryl methyl sites for hydroxylation is 2. The molecule has 0 radical (unpaired) electrons. The summed E-state index contributed by atoms with van der Waals surface area (Å²) < 4.78 is 5.01. The molecule has 0 unspecified atom stereocenters. The lowest BCUT2D eigenvalue weighted by atomic mass is 10.3. The molecule has 0 bridgehead atoms. The fraction of sp³-hybridized carbons (Fsp3) is 0.167. The molecule has 3 aromatic heterocycles. The maximum Gasteiger partial charge on any atom is 0.141 e. The number of rotatable bonds is 1.